The Morgan fingerprint density at radius 1 is 1.19 bits per heavy atom. The molecule has 4 rings (SSSR count). The fourth-order valence-corrected chi connectivity index (χ4v) is 4.79. The predicted octanol–water partition coefficient (Wildman–Crippen LogP) is 2.43. The highest BCUT2D eigenvalue weighted by atomic mass is 16.5. The number of methoxy groups -OCH3 is 1. The van der Waals surface area contributed by atoms with Crippen LogP contribution in [0.5, 0.6) is 5.75 Å². The number of hydrogen-bond donors (Lipinski definition) is 1. The van der Waals surface area contributed by atoms with Gasteiger partial charge in [-0.25, -0.2) is 0 Å². The first-order valence-electron chi connectivity index (χ1n) is 11.4. The molecule has 0 amide bonds. The van der Waals surface area contributed by atoms with Crippen molar-refractivity contribution >= 4 is 5.96 Å². The minimum Gasteiger partial charge on any atom is -0.496 e. The number of rotatable bonds is 6. The minimum atomic E-state index is -0.0413. The molecular formula is C24H35N5O3. The molecule has 0 atom stereocenters. The molecule has 1 N–H and O–H groups in total. The lowest BCUT2D eigenvalue weighted by molar-refractivity contribution is 0.0501. The van der Waals surface area contributed by atoms with Gasteiger partial charge in [0.05, 0.1) is 12.8 Å². The molecular weight excluding hydrogens is 406 g/mol. The van der Waals surface area contributed by atoms with Crippen LogP contribution in [0.1, 0.15) is 29.7 Å². The second-order valence-corrected chi connectivity index (χ2v) is 8.75. The van der Waals surface area contributed by atoms with Crippen molar-refractivity contribution in [3.05, 3.63) is 47.3 Å². The van der Waals surface area contributed by atoms with Gasteiger partial charge in [0.15, 0.2) is 5.96 Å². The third-order valence-electron chi connectivity index (χ3n) is 6.72. The molecule has 0 spiro atoms. The molecule has 3 heterocycles. The van der Waals surface area contributed by atoms with Crippen molar-refractivity contribution in [1.82, 2.24) is 20.3 Å². The molecule has 2 fully saturated rings. The zero-order chi connectivity index (χ0) is 22.4. The van der Waals surface area contributed by atoms with Gasteiger partial charge in [-0.15, -0.1) is 0 Å². The molecule has 0 radical (unpaired) electrons. The summed E-state index contributed by atoms with van der Waals surface area (Å²) in [5.74, 6) is 1.92. The summed E-state index contributed by atoms with van der Waals surface area (Å²) in [6.07, 6.45) is 3.55. The van der Waals surface area contributed by atoms with Crippen molar-refractivity contribution in [1.29, 1.82) is 0 Å². The maximum absolute atomic E-state index is 5.76. The number of guanidine groups is 1. The van der Waals surface area contributed by atoms with Crippen LogP contribution in [0, 0.1) is 6.92 Å². The monoisotopic (exact) mass is 441 g/mol. The van der Waals surface area contributed by atoms with Gasteiger partial charge in [-0.05, 0) is 25.8 Å². The highest BCUT2D eigenvalue weighted by molar-refractivity contribution is 5.80. The molecule has 8 nitrogen and oxygen atoms in total. The Bertz CT molecular complexity index is 885. The van der Waals surface area contributed by atoms with Crippen LogP contribution in [0.4, 0.5) is 0 Å². The average Bonchev–Trinajstić information content (AvgIpc) is 3.34. The van der Waals surface area contributed by atoms with Crippen LogP contribution in [0.15, 0.2) is 40.0 Å². The highest BCUT2D eigenvalue weighted by Gasteiger charge is 2.37. The van der Waals surface area contributed by atoms with E-state index in [1.807, 2.05) is 13.1 Å². The van der Waals surface area contributed by atoms with Gasteiger partial charge >= 0.3 is 0 Å². The average molecular weight is 442 g/mol. The first-order chi connectivity index (χ1) is 15.6. The normalized spacial score (nSPS) is 19.7. The summed E-state index contributed by atoms with van der Waals surface area (Å²) in [6.45, 7) is 9.10. The number of benzene rings is 1. The Morgan fingerprint density at radius 3 is 2.62 bits per heavy atom. The highest BCUT2D eigenvalue weighted by Crippen LogP contribution is 2.40. The van der Waals surface area contributed by atoms with Crippen molar-refractivity contribution in [3.63, 3.8) is 0 Å². The summed E-state index contributed by atoms with van der Waals surface area (Å²) in [4.78, 5) is 9.35. The van der Waals surface area contributed by atoms with Crippen LogP contribution in [-0.2, 0) is 16.7 Å². The molecule has 0 bridgehead atoms. The van der Waals surface area contributed by atoms with Gasteiger partial charge < -0.3 is 24.2 Å². The summed E-state index contributed by atoms with van der Waals surface area (Å²) in [5, 5.41) is 7.73. The number of ether oxygens (including phenoxy) is 2. The third kappa shape index (κ3) is 5.07. The zero-order valence-corrected chi connectivity index (χ0v) is 19.5. The van der Waals surface area contributed by atoms with Gasteiger partial charge in [-0.3, -0.25) is 9.89 Å². The number of nitrogens with one attached hydrogen (secondary N) is 1. The number of aliphatic imine (C=N–C) groups is 1. The number of aryl methyl sites for hydroxylation is 1. The van der Waals surface area contributed by atoms with Gasteiger partial charge in [0.2, 0.25) is 0 Å². The van der Waals surface area contributed by atoms with E-state index >= 15 is 0 Å². The van der Waals surface area contributed by atoms with E-state index in [9.17, 15) is 0 Å². The van der Waals surface area contributed by atoms with E-state index < -0.39 is 0 Å². The maximum Gasteiger partial charge on any atom is 0.193 e. The molecule has 8 heteroatoms. The van der Waals surface area contributed by atoms with Crippen molar-refractivity contribution in [2.45, 2.75) is 31.7 Å². The minimum absolute atomic E-state index is 0.0413. The predicted molar refractivity (Wildman–Crippen MR) is 124 cm³/mol. The van der Waals surface area contributed by atoms with E-state index in [1.54, 1.807) is 13.4 Å². The Kier molecular flexibility index (Phi) is 7.32. The fraction of sp³-hybridized carbons (Fsp3) is 0.583. The molecule has 174 valence electrons. The maximum atomic E-state index is 5.76. The Balaban J connectivity index is 1.42. The van der Waals surface area contributed by atoms with Gasteiger partial charge in [0.1, 0.15) is 12.0 Å². The zero-order valence-electron chi connectivity index (χ0n) is 19.5. The van der Waals surface area contributed by atoms with Crippen LogP contribution in [0.2, 0.25) is 0 Å². The summed E-state index contributed by atoms with van der Waals surface area (Å²) >= 11 is 0. The second kappa shape index (κ2) is 10.4. The van der Waals surface area contributed by atoms with E-state index in [0.717, 1.165) is 82.7 Å². The van der Waals surface area contributed by atoms with Crippen molar-refractivity contribution in [3.8, 4) is 5.75 Å². The Labute approximate surface area is 190 Å². The lowest BCUT2D eigenvalue weighted by Crippen LogP contribution is -2.54. The molecule has 0 unspecified atom stereocenters. The van der Waals surface area contributed by atoms with Gasteiger partial charge in [0.25, 0.3) is 0 Å². The van der Waals surface area contributed by atoms with Crippen LogP contribution >= 0.6 is 0 Å². The lowest BCUT2D eigenvalue weighted by Gasteiger charge is -2.41. The quantitative estimate of drug-likeness (QED) is 0.545. The van der Waals surface area contributed by atoms with Crippen LogP contribution in [0.25, 0.3) is 0 Å². The summed E-state index contributed by atoms with van der Waals surface area (Å²) < 4.78 is 16.4. The largest absolute Gasteiger partial charge is 0.496 e. The molecule has 1 aromatic carbocycles. The first-order valence-corrected chi connectivity index (χ1v) is 11.4. The number of aromatic nitrogens is 1. The first kappa shape index (κ1) is 22.6. The van der Waals surface area contributed by atoms with Crippen molar-refractivity contribution in [2.75, 3.05) is 60.1 Å². The van der Waals surface area contributed by atoms with E-state index in [4.69, 9.17) is 14.0 Å². The van der Waals surface area contributed by atoms with Gasteiger partial charge in [-0.2, -0.15) is 0 Å². The SMILES string of the molecule is CN=C(NCC1(c2cc(C)ccc2OC)CCOCC1)N1CCN(Cc2ccon2)CC1. The van der Waals surface area contributed by atoms with Crippen LogP contribution in [-0.4, -0.2) is 81.0 Å². The van der Waals surface area contributed by atoms with Crippen LogP contribution in [0.3, 0.4) is 0 Å². The summed E-state index contributed by atoms with van der Waals surface area (Å²) in [6, 6.07) is 8.40. The topological polar surface area (TPSA) is 75.4 Å². The number of nitrogens with zero attached hydrogens (tertiary/aromatic N) is 4. The fourth-order valence-electron chi connectivity index (χ4n) is 4.79. The summed E-state index contributed by atoms with van der Waals surface area (Å²) in [5.41, 5.74) is 3.46. The van der Waals surface area contributed by atoms with Crippen molar-refractivity contribution in [2.24, 2.45) is 4.99 Å². The van der Waals surface area contributed by atoms with Crippen molar-refractivity contribution < 1.29 is 14.0 Å². The number of hydrogen-bond acceptors (Lipinski definition) is 6. The molecule has 2 aliphatic heterocycles. The van der Waals surface area contributed by atoms with Gasteiger partial charge in [-0.1, -0.05) is 22.9 Å². The van der Waals surface area contributed by atoms with E-state index in [-0.39, 0.29) is 5.41 Å². The molecule has 0 aliphatic carbocycles. The molecule has 2 aromatic rings. The molecule has 0 saturated carbocycles. The molecule has 1 aromatic heterocycles. The Hall–Kier alpha value is -2.58. The van der Waals surface area contributed by atoms with Crippen LogP contribution < -0.4 is 10.1 Å². The smallest absolute Gasteiger partial charge is 0.193 e. The molecule has 2 aliphatic rings. The van der Waals surface area contributed by atoms with E-state index in [0.29, 0.717) is 0 Å². The Morgan fingerprint density at radius 2 is 1.97 bits per heavy atom. The molecule has 32 heavy (non-hydrogen) atoms. The van der Waals surface area contributed by atoms with E-state index in [2.05, 4.69) is 50.4 Å². The third-order valence-corrected chi connectivity index (χ3v) is 6.72. The second-order valence-electron chi connectivity index (χ2n) is 8.75. The molecule has 2 saturated heterocycles. The summed E-state index contributed by atoms with van der Waals surface area (Å²) in [7, 11) is 3.63. The van der Waals surface area contributed by atoms with Gasteiger partial charge in [0, 0.05) is 76.6 Å². The lowest BCUT2D eigenvalue weighted by atomic mass is 9.73. The number of piperazine rings is 1. The van der Waals surface area contributed by atoms with E-state index in [1.165, 1.54) is 11.1 Å². The standard InChI is InChI=1S/C24H35N5O3/c1-19-4-5-22(30-3)21(16-19)24(7-14-31-15-8-24)18-26-23(25-2)29-11-9-28(10-12-29)17-20-6-13-32-27-20/h4-6,13,16H,7-12,14-15,17-18H2,1-3H3,(H,25,26).